The highest BCUT2D eigenvalue weighted by Gasteiger charge is 2.12. The van der Waals surface area contributed by atoms with Gasteiger partial charge in [0, 0.05) is 6.54 Å². The van der Waals surface area contributed by atoms with Crippen molar-refractivity contribution in [3.63, 3.8) is 0 Å². The van der Waals surface area contributed by atoms with Crippen molar-refractivity contribution < 1.29 is 4.79 Å². The van der Waals surface area contributed by atoms with Gasteiger partial charge in [0.2, 0.25) is 0 Å². The van der Waals surface area contributed by atoms with Crippen molar-refractivity contribution in [1.29, 1.82) is 0 Å². The average molecular weight is 228 g/mol. The Bertz CT molecular complexity index is 234. The van der Waals surface area contributed by atoms with Gasteiger partial charge >= 0.3 is 0 Å². The molecule has 0 radical (unpaired) electrons. The first-order valence-electron chi connectivity index (χ1n) is 5.72. The number of nitrogens with one attached hydrogen (secondary N) is 1. The maximum absolute atomic E-state index is 11.3. The third-order valence-electron chi connectivity index (χ3n) is 2.21. The summed E-state index contributed by atoms with van der Waals surface area (Å²) in [5.41, 5.74) is 10.4. The maximum Gasteiger partial charge on any atom is 0.185 e. The zero-order valence-electron chi connectivity index (χ0n) is 10.5. The van der Waals surface area contributed by atoms with Gasteiger partial charge in [-0.15, -0.1) is 0 Å². The van der Waals surface area contributed by atoms with Gasteiger partial charge in [-0.3, -0.25) is 9.79 Å². The van der Waals surface area contributed by atoms with E-state index in [1.807, 2.05) is 0 Å². The highest BCUT2D eigenvalue weighted by atomic mass is 16.1. The Labute approximate surface area is 97.7 Å². The summed E-state index contributed by atoms with van der Waals surface area (Å²) in [6.07, 6.45) is 1.59. The maximum atomic E-state index is 11.3. The lowest BCUT2D eigenvalue weighted by Gasteiger charge is -2.16. The minimum absolute atomic E-state index is 0.0726. The monoisotopic (exact) mass is 228 g/mol. The number of hydrogen-bond acceptors (Lipinski definition) is 3. The predicted octanol–water partition coefficient (Wildman–Crippen LogP) is 0.243. The quantitative estimate of drug-likeness (QED) is 0.315. The Morgan fingerprint density at radius 1 is 1.38 bits per heavy atom. The molecule has 0 saturated heterocycles. The van der Waals surface area contributed by atoms with Crippen molar-refractivity contribution in [3.05, 3.63) is 0 Å². The molecule has 0 saturated carbocycles. The predicted molar refractivity (Wildman–Crippen MR) is 67.2 cm³/mol. The van der Waals surface area contributed by atoms with Gasteiger partial charge in [-0.25, -0.2) is 0 Å². The van der Waals surface area contributed by atoms with Gasteiger partial charge in [0.05, 0.1) is 6.04 Å². The summed E-state index contributed by atoms with van der Waals surface area (Å²) < 4.78 is 0. The van der Waals surface area contributed by atoms with E-state index >= 15 is 0 Å². The summed E-state index contributed by atoms with van der Waals surface area (Å²) in [7, 11) is 0. The molecule has 0 aromatic heterocycles. The molecule has 0 heterocycles. The fourth-order valence-electron chi connectivity index (χ4n) is 1.33. The van der Waals surface area contributed by atoms with Crippen molar-refractivity contribution >= 4 is 11.7 Å². The molecule has 0 amide bonds. The second kappa shape index (κ2) is 8.10. The Kier molecular flexibility index (Phi) is 7.54. The lowest BCUT2D eigenvalue weighted by atomic mass is 10.1. The summed E-state index contributed by atoms with van der Waals surface area (Å²) in [5.74, 6) is 0.819. The number of guanidine groups is 1. The number of rotatable bonds is 8. The second-order valence-corrected chi connectivity index (χ2v) is 4.41. The largest absolute Gasteiger partial charge is 0.370 e. The van der Waals surface area contributed by atoms with Crippen LogP contribution >= 0.6 is 0 Å². The van der Waals surface area contributed by atoms with E-state index in [-0.39, 0.29) is 17.8 Å². The fourth-order valence-corrected chi connectivity index (χ4v) is 1.33. The third-order valence-corrected chi connectivity index (χ3v) is 2.21. The summed E-state index contributed by atoms with van der Waals surface area (Å²) in [4.78, 5) is 15.2. The van der Waals surface area contributed by atoms with E-state index < -0.39 is 0 Å². The van der Waals surface area contributed by atoms with Crippen LogP contribution in [0.25, 0.3) is 0 Å². The highest BCUT2D eigenvalue weighted by molar-refractivity contribution is 5.81. The lowest BCUT2D eigenvalue weighted by molar-refractivity contribution is -0.119. The summed E-state index contributed by atoms with van der Waals surface area (Å²) in [5, 5.41) is 3.25. The van der Waals surface area contributed by atoms with E-state index in [0.717, 1.165) is 19.4 Å². The molecule has 0 aliphatic rings. The molecule has 5 N–H and O–H groups in total. The van der Waals surface area contributed by atoms with Crippen LogP contribution in [0.1, 0.15) is 33.6 Å². The number of ketones is 1. The zero-order chi connectivity index (χ0) is 12.6. The molecule has 0 aliphatic heterocycles. The van der Waals surface area contributed by atoms with E-state index in [4.69, 9.17) is 11.5 Å². The topological polar surface area (TPSA) is 93.5 Å². The molecule has 0 bridgehead atoms. The molecule has 5 nitrogen and oxygen atoms in total. The van der Waals surface area contributed by atoms with Gasteiger partial charge in [0.15, 0.2) is 5.96 Å². The van der Waals surface area contributed by atoms with Crippen LogP contribution in [-0.2, 0) is 4.79 Å². The van der Waals surface area contributed by atoms with Crippen LogP contribution in [0.15, 0.2) is 4.99 Å². The van der Waals surface area contributed by atoms with E-state index in [9.17, 15) is 4.79 Å². The average Bonchev–Trinajstić information content (AvgIpc) is 2.15. The molecular weight excluding hydrogens is 204 g/mol. The Hall–Kier alpha value is -1.10. The van der Waals surface area contributed by atoms with E-state index in [0.29, 0.717) is 12.5 Å². The van der Waals surface area contributed by atoms with Crippen molar-refractivity contribution in [2.24, 2.45) is 22.4 Å². The van der Waals surface area contributed by atoms with Crippen LogP contribution < -0.4 is 16.8 Å². The van der Waals surface area contributed by atoms with E-state index in [1.165, 1.54) is 0 Å². The first-order chi connectivity index (χ1) is 7.43. The Balaban J connectivity index is 3.86. The molecule has 0 aromatic rings. The zero-order valence-corrected chi connectivity index (χ0v) is 10.5. The van der Waals surface area contributed by atoms with Crippen LogP contribution in [0.3, 0.4) is 0 Å². The van der Waals surface area contributed by atoms with Gasteiger partial charge in [-0.2, -0.15) is 0 Å². The van der Waals surface area contributed by atoms with Gasteiger partial charge in [-0.1, -0.05) is 13.8 Å². The molecule has 94 valence electrons. The van der Waals surface area contributed by atoms with E-state index in [1.54, 1.807) is 6.92 Å². The van der Waals surface area contributed by atoms with Gasteiger partial charge in [0.25, 0.3) is 0 Å². The molecule has 1 atom stereocenters. The summed E-state index contributed by atoms with van der Waals surface area (Å²) in [6.45, 7) is 7.27. The van der Waals surface area contributed by atoms with Gasteiger partial charge < -0.3 is 16.8 Å². The summed E-state index contributed by atoms with van der Waals surface area (Å²) >= 11 is 0. The molecule has 0 aliphatic carbocycles. The number of aliphatic imine (C=N–C) groups is 1. The standard InChI is InChI=1S/C11H24N4O/c1-8(2)7-15-10(9(3)16)5-4-6-14-11(12)13/h8,10,15H,4-7H2,1-3H3,(H4,12,13,14). The molecule has 1 unspecified atom stereocenters. The second-order valence-electron chi connectivity index (χ2n) is 4.41. The van der Waals surface area contributed by atoms with Crippen LogP contribution in [0, 0.1) is 5.92 Å². The lowest BCUT2D eigenvalue weighted by Crippen LogP contribution is -2.37. The van der Waals surface area contributed by atoms with Crippen molar-refractivity contribution in [2.75, 3.05) is 13.1 Å². The van der Waals surface area contributed by atoms with Crippen LogP contribution in [0.4, 0.5) is 0 Å². The van der Waals surface area contributed by atoms with Crippen LogP contribution in [-0.4, -0.2) is 30.9 Å². The normalized spacial score (nSPS) is 12.5. The first-order valence-corrected chi connectivity index (χ1v) is 5.72. The molecule has 16 heavy (non-hydrogen) atoms. The molecule has 5 heteroatoms. The number of hydrogen-bond donors (Lipinski definition) is 3. The van der Waals surface area contributed by atoms with Crippen LogP contribution in [0.2, 0.25) is 0 Å². The number of nitrogens with two attached hydrogens (primary N) is 2. The molecule has 0 fully saturated rings. The van der Waals surface area contributed by atoms with Gasteiger partial charge in [0.1, 0.15) is 5.78 Å². The SMILES string of the molecule is CC(=O)C(CCCN=C(N)N)NCC(C)C. The molecular formula is C11H24N4O. The first kappa shape index (κ1) is 14.9. The van der Waals surface area contributed by atoms with Crippen molar-refractivity contribution in [3.8, 4) is 0 Å². The van der Waals surface area contributed by atoms with Gasteiger partial charge in [-0.05, 0) is 32.2 Å². The Morgan fingerprint density at radius 3 is 2.44 bits per heavy atom. The minimum Gasteiger partial charge on any atom is -0.370 e. The van der Waals surface area contributed by atoms with Crippen LogP contribution in [0.5, 0.6) is 0 Å². The number of carbonyl (C=O) groups is 1. The smallest absolute Gasteiger partial charge is 0.185 e. The fraction of sp³-hybridized carbons (Fsp3) is 0.818. The van der Waals surface area contributed by atoms with Crippen molar-refractivity contribution in [2.45, 2.75) is 39.7 Å². The number of Topliss-reactive ketones (excluding diaryl/α,β-unsaturated/α-hetero) is 1. The number of carbonyl (C=O) groups excluding carboxylic acids is 1. The van der Waals surface area contributed by atoms with Crippen molar-refractivity contribution in [1.82, 2.24) is 5.32 Å². The molecule has 0 spiro atoms. The Morgan fingerprint density at radius 2 is 2.00 bits per heavy atom. The minimum atomic E-state index is -0.0726. The third kappa shape index (κ3) is 8.23. The number of nitrogens with zero attached hydrogens (tertiary/aromatic N) is 1. The highest BCUT2D eigenvalue weighted by Crippen LogP contribution is 2.00. The van der Waals surface area contributed by atoms with E-state index in [2.05, 4.69) is 24.2 Å². The molecule has 0 rings (SSSR count). The summed E-state index contributed by atoms with van der Waals surface area (Å²) in [6, 6.07) is -0.0726. The molecule has 0 aromatic carbocycles.